The number of β-amino-alcohol motifs (C(OH)–C–C–N with tert-alkyl or cyclic N) is 1. The molecule has 1 aromatic carbocycles. The van der Waals surface area contributed by atoms with Gasteiger partial charge in [-0.15, -0.1) is 0 Å². The lowest BCUT2D eigenvalue weighted by molar-refractivity contribution is -0.133. The summed E-state index contributed by atoms with van der Waals surface area (Å²) < 4.78 is 29.2. The normalized spacial score (nSPS) is 22.5. The predicted octanol–water partition coefficient (Wildman–Crippen LogP) is 2.79. The lowest BCUT2D eigenvalue weighted by Crippen LogP contribution is -2.64. The average molecular weight is 688 g/mol. The van der Waals surface area contributed by atoms with E-state index in [9.17, 15) is 27.9 Å². The number of hydrogen-bond donors (Lipinski definition) is 4. The molecule has 4 N–H and O–H groups in total. The summed E-state index contributed by atoms with van der Waals surface area (Å²) in [7, 11) is -3.88. The van der Waals surface area contributed by atoms with Gasteiger partial charge in [0.15, 0.2) is 15.5 Å². The molecule has 13 heteroatoms. The van der Waals surface area contributed by atoms with Crippen LogP contribution in [0.3, 0.4) is 0 Å². The third-order valence-corrected chi connectivity index (χ3v) is 12.0. The Morgan fingerprint density at radius 2 is 1.69 bits per heavy atom. The Bertz CT molecular complexity index is 1540. The van der Waals surface area contributed by atoms with Crippen LogP contribution in [0.2, 0.25) is 0 Å². The fourth-order valence-electron chi connectivity index (χ4n) is 6.86. The summed E-state index contributed by atoms with van der Waals surface area (Å²) in [5.74, 6) is -0.385. The molecule has 2 aromatic rings. The van der Waals surface area contributed by atoms with E-state index in [1.807, 2.05) is 51.1 Å². The van der Waals surface area contributed by atoms with E-state index in [1.165, 1.54) is 19.9 Å². The van der Waals surface area contributed by atoms with Crippen molar-refractivity contribution in [3.05, 3.63) is 53.4 Å². The van der Waals surface area contributed by atoms with Gasteiger partial charge >= 0.3 is 0 Å². The van der Waals surface area contributed by atoms with Crippen LogP contribution in [0.4, 0.5) is 0 Å². The van der Waals surface area contributed by atoms with Crippen LogP contribution in [-0.2, 0) is 25.8 Å². The summed E-state index contributed by atoms with van der Waals surface area (Å²) >= 11 is 0. The molecule has 3 amide bonds. The van der Waals surface area contributed by atoms with Crippen LogP contribution in [0.15, 0.2) is 40.9 Å². The molecule has 2 heterocycles. The number of benzene rings is 1. The summed E-state index contributed by atoms with van der Waals surface area (Å²) in [5.41, 5.74) is 0.322. The van der Waals surface area contributed by atoms with Crippen LogP contribution < -0.4 is 16.0 Å². The smallest absolute Gasteiger partial charge is 0.274 e. The van der Waals surface area contributed by atoms with Gasteiger partial charge in [0, 0.05) is 31.0 Å². The van der Waals surface area contributed by atoms with E-state index in [0.717, 1.165) is 37.5 Å². The Balaban J connectivity index is 1.62. The number of likely N-dealkylation sites (tertiary alicyclic amines) is 1. The van der Waals surface area contributed by atoms with Gasteiger partial charge in [0.2, 0.25) is 11.8 Å². The minimum absolute atomic E-state index is 0.0804. The zero-order chi connectivity index (χ0) is 35.4. The molecule has 0 bridgehead atoms. The Morgan fingerprint density at radius 1 is 1.04 bits per heavy atom. The van der Waals surface area contributed by atoms with Gasteiger partial charge in [0.25, 0.3) is 5.91 Å². The number of aromatic nitrogens is 1. The highest BCUT2D eigenvalue weighted by Gasteiger charge is 2.46. The van der Waals surface area contributed by atoms with Crippen molar-refractivity contribution in [2.45, 2.75) is 115 Å². The summed E-state index contributed by atoms with van der Waals surface area (Å²) in [4.78, 5) is 42.9. The highest BCUT2D eigenvalue weighted by molar-refractivity contribution is 7.92. The molecule has 12 nitrogen and oxygen atoms in total. The molecule has 1 saturated carbocycles. The number of aryl methyl sites for hydroxylation is 1. The van der Waals surface area contributed by atoms with E-state index in [2.05, 4.69) is 26.0 Å². The quantitative estimate of drug-likeness (QED) is 0.262. The highest BCUT2D eigenvalue weighted by atomic mass is 32.2. The fourth-order valence-corrected chi connectivity index (χ4v) is 7.45. The number of rotatable bonds is 12. The van der Waals surface area contributed by atoms with Crippen molar-refractivity contribution in [3.63, 3.8) is 0 Å². The second-order valence-corrected chi connectivity index (χ2v) is 17.8. The summed E-state index contributed by atoms with van der Waals surface area (Å²) in [6.45, 7) is 11.0. The zero-order valence-corrected chi connectivity index (χ0v) is 30.1. The first-order chi connectivity index (χ1) is 22.4. The summed E-state index contributed by atoms with van der Waals surface area (Å²) in [6, 6.07) is 7.89. The topological polar surface area (TPSA) is 171 Å². The molecule has 4 rings (SSSR count). The largest absolute Gasteiger partial charge is 0.390 e. The summed E-state index contributed by atoms with van der Waals surface area (Å²) in [5, 5.41) is 24.2. The van der Waals surface area contributed by atoms with E-state index in [1.54, 1.807) is 6.92 Å². The first-order valence-electron chi connectivity index (χ1n) is 16.9. The van der Waals surface area contributed by atoms with Crippen LogP contribution in [0.1, 0.15) is 88.5 Å². The minimum Gasteiger partial charge on any atom is -0.390 e. The Labute approximate surface area is 284 Å². The van der Waals surface area contributed by atoms with Crippen molar-refractivity contribution < 1.29 is 32.4 Å². The standard InChI is InChI=1S/C35H53N5O7S/c1-22-17-27(39-47-22)31(42)37-30(35(5,6)48(7,45)46)33(44)36-26(18-23-13-9-8-10-14-23)29(41)21-40-20-25-16-12-11-15-24(25)19-28(40)32(43)38-34(2,3)4/h8-10,13-14,17,24-26,28-30,41H,11-12,15-16,18-21H2,1-7H3,(H,36,44)(H,37,42)(H,38,43)/t24-,25+,26-,28-,29+,30+/m0/s1. The molecule has 6 atom stereocenters. The number of carbonyl (C=O) groups is 3. The molecule has 2 fully saturated rings. The number of amides is 3. The second kappa shape index (κ2) is 15.1. The molecular formula is C35H53N5O7S. The molecule has 2 aliphatic rings. The van der Waals surface area contributed by atoms with E-state index in [4.69, 9.17) is 4.52 Å². The molecule has 1 aliphatic heterocycles. The number of aliphatic hydroxyl groups is 1. The van der Waals surface area contributed by atoms with E-state index in [0.29, 0.717) is 30.6 Å². The predicted molar refractivity (Wildman–Crippen MR) is 183 cm³/mol. The van der Waals surface area contributed by atoms with Gasteiger partial charge in [-0.25, -0.2) is 8.42 Å². The molecule has 0 spiro atoms. The lowest BCUT2D eigenvalue weighted by atomic mass is 9.72. The van der Waals surface area contributed by atoms with Gasteiger partial charge in [0.1, 0.15) is 11.8 Å². The number of aliphatic hydroxyl groups excluding tert-OH is 1. The van der Waals surface area contributed by atoms with Crippen LogP contribution in [0.25, 0.3) is 0 Å². The van der Waals surface area contributed by atoms with E-state index < -0.39 is 56.2 Å². The van der Waals surface area contributed by atoms with E-state index in [-0.39, 0.29) is 24.6 Å². The Morgan fingerprint density at radius 3 is 2.27 bits per heavy atom. The maximum atomic E-state index is 14.1. The van der Waals surface area contributed by atoms with E-state index >= 15 is 0 Å². The first-order valence-corrected chi connectivity index (χ1v) is 18.8. The van der Waals surface area contributed by atoms with Crippen molar-refractivity contribution >= 4 is 27.6 Å². The van der Waals surface area contributed by atoms with Crippen molar-refractivity contribution in [2.24, 2.45) is 11.8 Å². The van der Waals surface area contributed by atoms with Gasteiger partial charge in [-0.05, 0) is 78.2 Å². The van der Waals surface area contributed by atoms with Crippen molar-refractivity contribution in [1.82, 2.24) is 26.0 Å². The number of nitrogens with one attached hydrogen (secondary N) is 3. The number of carbonyl (C=O) groups excluding carboxylic acids is 3. The monoisotopic (exact) mass is 687 g/mol. The molecule has 1 aliphatic carbocycles. The molecule has 0 radical (unpaired) electrons. The summed E-state index contributed by atoms with van der Waals surface area (Å²) in [6.07, 6.45) is 5.26. The molecule has 266 valence electrons. The SMILES string of the molecule is Cc1cc(C(=O)N[C@H](C(=O)N[C@@H](Cc2ccccc2)[C@H](O)CN2C[C@H]3CCCC[C@H]3C[C@H]2C(=O)NC(C)(C)C)C(C)(C)S(C)(=O)=O)no1. The molecule has 0 unspecified atom stereocenters. The van der Waals surface area contributed by atoms with Crippen LogP contribution in [0, 0.1) is 18.8 Å². The molecule has 1 aromatic heterocycles. The number of nitrogens with zero attached hydrogens (tertiary/aromatic N) is 2. The molecule has 1 saturated heterocycles. The molecular weight excluding hydrogens is 634 g/mol. The van der Waals surface area contributed by atoms with Crippen molar-refractivity contribution in [2.75, 3.05) is 19.3 Å². The molecule has 48 heavy (non-hydrogen) atoms. The Kier molecular flexibility index (Phi) is 11.8. The van der Waals surface area contributed by atoms with Crippen molar-refractivity contribution in [1.29, 1.82) is 0 Å². The number of fused-ring (bicyclic) bond motifs is 1. The second-order valence-electron chi connectivity index (χ2n) is 15.2. The number of piperidine rings is 1. The average Bonchev–Trinajstić information content (AvgIpc) is 3.44. The number of sulfone groups is 1. The van der Waals surface area contributed by atoms with Crippen LogP contribution >= 0.6 is 0 Å². The first kappa shape index (κ1) is 37.5. The third-order valence-electron chi connectivity index (χ3n) is 9.86. The fraction of sp³-hybridized carbons (Fsp3) is 0.657. The van der Waals surface area contributed by atoms with Gasteiger partial charge in [0.05, 0.1) is 22.9 Å². The maximum absolute atomic E-state index is 14.1. The van der Waals surface area contributed by atoms with Gasteiger partial charge in [-0.2, -0.15) is 0 Å². The van der Waals surface area contributed by atoms with Gasteiger partial charge < -0.3 is 25.6 Å². The lowest BCUT2D eigenvalue weighted by Gasteiger charge is -2.47. The van der Waals surface area contributed by atoms with Gasteiger partial charge in [-0.3, -0.25) is 19.3 Å². The van der Waals surface area contributed by atoms with Gasteiger partial charge in [-0.1, -0.05) is 54.8 Å². The van der Waals surface area contributed by atoms with Crippen LogP contribution in [0.5, 0.6) is 0 Å². The van der Waals surface area contributed by atoms with Crippen molar-refractivity contribution in [3.8, 4) is 0 Å². The zero-order valence-electron chi connectivity index (χ0n) is 29.3. The Hall–Kier alpha value is -3.29. The maximum Gasteiger partial charge on any atom is 0.274 e. The highest BCUT2D eigenvalue weighted by Crippen LogP contribution is 2.39. The minimum atomic E-state index is -3.88. The van der Waals surface area contributed by atoms with Crippen LogP contribution in [-0.4, -0.2) is 95.2 Å². The number of hydrogen-bond acceptors (Lipinski definition) is 9. The third kappa shape index (κ3) is 9.44.